The Hall–Kier alpha value is -7.74. The molecule has 78 heavy (non-hydrogen) atoms. The van der Waals surface area contributed by atoms with Gasteiger partial charge >= 0.3 is 11.9 Å². The Balaban J connectivity index is 1.17. The van der Waals surface area contributed by atoms with Crippen LogP contribution < -0.4 is 26.6 Å². The van der Waals surface area contributed by atoms with Crippen LogP contribution in [-0.4, -0.2) is 192 Å². The predicted octanol–water partition coefficient (Wildman–Crippen LogP) is 0.422. The third kappa shape index (κ3) is 10.9. The first-order valence-corrected chi connectivity index (χ1v) is 27.3. The maximum absolute atomic E-state index is 15.3. The molecule has 4 heterocycles. The maximum Gasteiger partial charge on any atom is 0.332 e. The molecule has 2 aliphatic carbocycles. The predicted molar refractivity (Wildman–Crippen MR) is 283 cm³/mol. The number of nitrogens with one attached hydrogen (secondary N) is 5. The molecule has 2 aliphatic heterocycles. The number of aromatic nitrogens is 2. The maximum atomic E-state index is 15.3. The third-order valence-corrected chi connectivity index (χ3v) is 17.7. The second kappa shape index (κ2) is 22.3. The minimum absolute atomic E-state index is 0.0485. The molecule has 2 saturated carbocycles. The Morgan fingerprint density at radius 3 is 1.60 bits per heavy atom. The molecular weight excluding hydrogens is 1050 g/mol. The van der Waals surface area contributed by atoms with Crippen molar-refractivity contribution in [2.45, 2.75) is 92.4 Å². The van der Waals surface area contributed by atoms with Crippen LogP contribution in [0.2, 0.25) is 0 Å². The van der Waals surface area contributed by atoms with Crippen LogP contribution in [0.4, 0.5) is 0 Å². The van der Waals surface area contributed by atoms with E-state index in [1.165, 1.54) is 47.1 Å². The van der Waals surface area contributed by atoms with Gasteiger partial charge in [0.05, 0.1) is 15.6 Å². The summed E-state index contributed by atoms with van der Waals surface area (Å²) in [5.41, 5.74) is -3.64. The molecule has 8 rings (SSSR count). The molecular formula is C52H60N10O14S2. The van der Waals surface area contributed by atoms with Crippen molar-refractivity contribution >= 4 is 105 Å². The molecule has 11 atom stereocenters. The minimum Gasteiger partial charge on any atom is -0.505 e. The van der Waals surface area contributed by atoms with Gasteiger partial charge in [-0.15, -0.1) is 23.5 Å². The Morgan fingerprint density at radius 2 is 1.14 bits per heavy atom. The van der Waals surface area contributed by atoms with Crippen molar-refractivity contribution in [3.63, 3.8) is 0 Å². The Bertz CT molecular complexity index is 3150. The van der Waals surface area contributed by atoms with Gasteiger partial charge in [-0.3, -0.25) is 38.4 Å². The summed E-state index contributed by atoms with van der Waals surface area (Å²) in [5.74, 6) is -11.9. The number of fused-ring (bicyclic) bond motifs is 6. The summed E-state index contributed by atoms with van der Waals surface area (Å²) < 4.78 is 10.5. The summed E-state index contributed by atoms with van der Waals surface area (Å²) in [6.45, 7) is 4.29. The lowest BCUT2D eigenvalue weighted by Crippen LogP contribution is -2.61. The van der Waals surface area contributed by atoms with Gasteiger partial charge in [-0.25, -0.2) is 19.6 Å². The third-order valence-electron chi connectivity index (χ3n) is 14.9. The van der Waals surface area contributed by atoms with E-state index in [1.807, 2.05) is 0 Å². The van der Waals surface area contributed by atoms with E-state index in [-0.39, 0.29) is 18.6 Å². The van der Waals surface area contributed by atoms with E-state index >= 15 is 4.79 Å². The number of para-hydroxylation sites is 2. The quantitative estimate of drug-likeness (QED) is 0.133. The van der Waals surface area contributed by atoms with Gasteiger partial charge in [0.2, 0.25) is 35.4 Å². The lowest BCUT2D eigenvalue weighted by Gasteiger charge is -2.39. The number of thioether (sulfide) groups is 2. The number of carbonyl (C=O) groups is 10. The molecule has 24 nitrogen and oxygen atoms in total. The highest BCUT2D eigenvalue weighted by Crippen LogP contribution is 2.50. The Kier molecular flexibility index (Phi) is 16.2. The van der Waals surface area contributed by atoms with Crippen molar-refractivity contribution in [1.29, 1.82) is 0 Å². The number of aromatic hydroxyl groups is 2. The fourth-order valence-electron chi connectivity index (χ4n) is 9.82. The molecule has 2 aromatic carbocycles. The molecule has 8 amide bonds. The highest BCUT2D eigenvalue weighted by Gasteiger charge is 2.65. The van der Waals surface area contributed by atoms with Crippen LogP contribution in [0.15, 0.2) is 60.7 Å². The van der Waals surface area contributed by atoms with Crippen LogP contribution in [0.5, 0.6) is 11.5 Å². The van der Waals surface area contributed by atoms with Crippen molar-refractivity contribution in [3.05, 3.63) is 72.1 Å². The number of cyclic esters (lactones) is 2. The van der Waals surface area contributed by atoms with Gasteiger partial charge < -0.3 is 61.0 Å². The van der Waals surface area contributed by atoms with E-state index in [0.717, 1.165) is 38.2 Å². The van der Waals surface area contributed by atoms with Crippen LogP contribution in [0.1, 0.15) is 61.5 Å². The minimum atomic E-state index is -1.74. The monoisotopic (exact) mass is 1110 g/mol. The van der Waals surface area contributed by atoms with Gasteiger partial charge in [0.1, 0.15) is 72.0 Å². The van der Waals surface area contributed by atoms with Crippen LogP contribution in [0.3, 0.4) is 0 Å². The van der Waals surface area contributed by atoms with Crippen LogP contribution in [0.25, 0.3) is 21.8 Å². The first-order chi connectivity index (χ1) is 36.9. The lowest BCUT2D eigenvalue weighted by molar-refractivity contribution is -0.160. The molecule has 7 N–H and O–H groups in total. The van der Waals surface area contributed by atoms with Crippen LogP contribution >= 0.6 is 23.5 Å². The van der Waals surface area contributed by atoms with Gasteiger partial charge in [-0.05, 0) is 69.0 Å². The number of rotatable bonds is 5. The topological polar surface area (TPSA) is 325 Å². The summed E-state index contributed by atoms with van der Waals surface area (Å²) in [5, 5.41) is 35.5. The van der Waals surface area contributed by atoms with Crippen LogP contribution in [-0.2, 0) is 47.8 Å². The van der Waals surface area contributed by atoms with E-state index in [0.29, 0.717) is 21.8 Å². The smallest absolute Gasteiger partial charge is 0.332 e. The number of amides is 8. The number of hydrogen-bond donors (Lipinski definition) is 7. The van der Waals surface area contributed by atoms with Crippen molar-refractivity contribution < 1.29 is 67.6 Å². The Morgan fingerprint density at radius 1 is 0.679 bits per heavy atom. The molecule has 0 radical (unpaired) electrons. The highest BCUT2D eigenvalue weighted by atomic mass is 32.2. The number of ether oxygens (including phenoxy) is 2. The molecule has 11 unspecified atom stereocenters. The molecule has 4 aromatic rings. The molecule has 2 bridgehead atoms. The van der Waals surface area contributed by atoms with Gasteiger partial charge in [-0.2, -0.15) is 0 Å². The zero-order chi connectivity index (χ0) is 56.7. The summed E-state index contributed by atoms with van der Waals surface area (Å²) in [6, 6.07) is 6.56. The zero-order valence-corrected chi connectivity index (χ0v) is 45.5. The molecule has 2 aromatic heterocycles. The lowest BCUT2D eigenvalue weighted by atomic mass is 10.1. The summed E-state index contributed by atoms with van der Waals surface area (Å²) >= 11 is 2.13. The normalized spacial score (nSPS) is 29.8. The zero-order valence-electron chi connectivity index (χ0n) is 43.9. The van der Waals surface area contributed by atoms with Gasteiger partial charge in [0, 0.05) is 37.7 Å². The molecule has 414 valence electrons. The van der Waals surface area contributed by atoms with E-state index in [4.69, 9.17) is 9.47 Å². The van der Waals surface area contributed by atoms with Crippen molar-refractivity contribution in [3.8, 4) is 11.5 Å². The second-order valence-corrected chi connectivity index (χ2v) is 22.5. The fourth-order valence-corrected chi connectivity index (χ4v) is 12.4. The number of esters is 2. The van der Waals surface area contributed by atoms with E-state index in [2.05, 4.69) is 36.6 Å². The largest absolute Gasteiger partial charge is 0.505 e. The number of likely N-dealkylation sites (N-methyl/N-ethyl adjacent to an activating group) is 3. The van der Waals surface area contributed by atoms with Crippen molar-refractivity contribution in [2.75, 3.05) is 46.4 Å². The molecule has 2 spiro atoms. The van der Waals surface area contributed by atoms with E-state index in [1.54, 1.807) is 68.6 Å². The van der Waals surface area contributed by atoms with Crippen LogP contribution in [0, 0.1) is 11.8 Å². The summed E-state index contributed by atoms with van der Waals surface area (Å²) in [6.07, 6.45) is 1.76. The van der Waals surface area contributed by atoms with Crippen molar-refractivity contribution in [1.82, 2.24) is 51.3 Å². The fraction of sp³-hybridized carbons (Fsp3) is 0.462. The number of hydrogen-bond acceptors (Lipinski definition) is 18. The first kappa shape index (κ1) is 56.5. The van der Waals surface area contributed by atoms with Gasteiger partial charge in [0.15, 0.2) is 11.4 Å². The SMILES string of the molecule is CSC1SCC2C(=O)NC3(CC3C)C(=O)OCC(NC(=O)c3nc4ccccc4cc3O)C(=O)NC(C)C(=O)N(C)C1C(=O)N(C)C1(CC1C)C(=O)OCC(NC(=O)c1nc3ccccc3cc1O)C(=O)NC(C)C(=O)N2C. The molecule has 2 saturated heterocycles. The second-order valence-electron chi connectivity index (χ2n) is 20.1. The number of pyridine rings is 2. The average Bonchev–Trinajstić information content (AvgIpc) is 4.48. The van der Waals surface area contributed by atoms with Crippen molar-refractivity contribution in [2.24, 2.45) is 11.8 Å². The highest BCUT2D eigenvalue weighted by molar-refractivity contribution is 8.16. The average molecular weight is 1110 g/mol. The van der Waals surface area contributed by atoms with Gasteiger partial charge in [0.25, 0.3) is 11.8 Å². The van der Waals surface area contributed by atoms with E-state index < -0.39 is 159 Å². The number of carbonyl (C=O) groups excluding carboxylic acids is 10. The molecule has 4 aliphatic rings. The number of benzene rings is 2. The molecule has 26 heteroatoms. The standard InChI is InChI=1S/C52H60N10O14S2/c1-24-19-51(24)49(73)75-21-32(57-43(68)37-35(63)17-28-13-9-11-15-30(28)55-37)40(65)54-27(4)46(71)61(6)39-47(72)62(7)52(20-25(52)2)50(74)76-22-33(58-44(69)38-36(64)18-29-14-10-12-16-31(29)56-38)41(66)53-26(3)45(70)60(5)34(42(67)59-51)23-78-48(39)77-8/h9-18,24-27,32-34,39,48,63-64H,19-23H2,1-8H3,(H,53,66)(H,54,65)(H,57,68)(H,58,69)(H,59,67). The first-order valence-electron chi connectivity index (χ1n) is 25.0. The molecule has 4 fully saturated rings. The summed E-state index contributed by atoms with van der Waals surface area (Å²) in [7, 11) is 3.95. The Labute approximate surface area is 455 Å². The van der Waals surface area contributed by atoms with Gasteiger partial charge in [-0.1, -0.05) is 50.2 Å². The number of nitrogens with zero attached hydrogens (tertiary/aromatic N) is 5. The summed E-state index contributed by atoms with van der Waals surface area (Å²) in [4.78, 5) is 156. The van der Waals surface area contributed by atoms with E-state index in [9.17, 15) is 53.4 Å².